The van der Waals surface area contributed by atoms with Crippen molar-refractivity contribution in [1.82, 2.24) is 4.72 Å². The summed E-state index contributed by atoms with van der Waals surface area (Å²) < 4.78 is 26.8. The predicted octanol–water partition coefficient (Wildman–Crippen LogP) is 2.49. The Morgan fingerprint density at radius 1 is 1.58 bits per heavy atom. The summed E-state index contributed by atoms with van der Waals surface area (Å²) in [5, 5.41) is 8.97. The molecule has 0 fully saturated rings. The predicted molar refractivity (Wildman–Crippen MR) is 75.3 cm³/mol. The van der Waals surface area contributed by atoms with E-state index in [1.54, 1.807) is 6.92 Å². The number of carboxylic acid groups (broad SMARTS) is 1. The van der Waals surface area contributed by atoms with Crippen LogP contribution in [0, 0.1) is 12.8 Å². The SMILES string of the molecule is CCCC(CNS(=O)(=O)c1cc(C)c(Cl)s1)C(=O)O. The Kier molecular flexibility index (Phi) is 5.79. The van der Waals surface area contributed by atoms with Crippen LogP contribution in [0.25, 0.3) is 0 Å². The Bertz CT molecular complexity index is 534. The van der Waals surface area contributed by atoms with Crippen LogP contribution in [0.1, 0.15) is 25.3 Å². The van der Waals surface area contributed by atoms with Crippen LogP contribution in [-0.4, -0.2) is 26.0 Å². The maximum atomic E-state index is 12.0. The molecule has 1 atom stereocenters. The summed E-state index contributed by atoms with van der Waals surface area (Å²) in [6.45, 7) is 3.46. The zero-order chi connectivity index (χ0) is 14.6. The number of hydrogen-bond donors (Lipinski definition) is 2. The molecule has 1 aromatic heterocycles. The van der Waals surface area contributed by atoms with Gasteiger partial charge in [0.05, 0.1) is 10.3 Å². The lowest BCUT2D eigenvalue weighted by molar-refractivity contribution is -0.141. The minimum Gasteiger partial charge on any atom is -0.481 e. The van der Waals surface area contributed by atoms with Gasteiger partial charge in [0.2, 0.25) is 10.0 Å². The first-order valence-electron chi connectivity index (χ1n) is 5.76. The van der Waals surface area contributed by atoms with Gasteiger partial charge in [-0.2, -0.15) is 0 Å². The van der Waals surface area contributed by atoms with E-state index >= 15 is 0 Å². The fourth-order valence-electron chi connectivity index (χ4n) is 1.51. The van der Waals surface area contributed by atoms with Gasteiger partial charge in [0.15, 0.2) is 0 Å². The molecule has 0 aromatic carbocycles. The molecule has 1 aromatic rings. The third-order valence-corrected chi connectivity index (χ3v) is 6.06. The first kappa shape index (κ1) is 16.4. The molecule has 0 saturated carbocycles. The summed E-state index contributed by atoms with van der Waals surface area (Å²) >= 11 is 6.79. The smallest absolute Gasteiger partial charge is 0.307 e. The van der Waals surface area contributed by atoms with Crippen LogP contribution < -0.4 is 4.72 Å². The van der Waals surface area contributed by atoms with Gasteiger partial charge in [-0.15, -0.1) is 11.3 Å². The zero-order valence-corrected chi connectivity index (χ0v) is 13.0. The van der Waals surface area contributed by atoms with Crippen LogP contribution in [0.2, 0.25) is 4.34 Å². The molecule has 1 heterocycles. The Hall–Kier alpha value is -0.630. The summed E-state index contributed by atoms with van der Waals surface area (Å²) in [7, 11) is -3.69. The van der Waals surface area contributed by atoms with Crippen LogP contribution >= 0.6 is 22.9 Å². The van der Waals surface area contributed by atoms with Crippen LogP contribution in [-0.2, 0) is 14.8 Å². The van der Waals surface area contributed by atoms with Crippen molar-refractivity contribution >= 4 is 38.9 Å². The number of carboxylic acids is 1. The van der Waals surface area contributed by atoms with Gasteiger partial charge in [0.25, 0.3) is 0 Å². The van der Waals surface area contributed by atoms with E-state index in [1.807, 2.05) is 6.92 Å². The molecule has 19 heavy (non-hydrogen) atoms. The summed E-state index contributed by atoms with van der Waals surface area (Å²) in [6, 6.07) is 1.48. The summed E-state index contributed by atoms with van der Waals surface area (Å²) in [5.74, 6) is -1.71. The molecule has 0 saturated heterocycles. The van der Waals surface area contributed by atoms with Crippen molar-refractivity contribution in [2.45, 2.75) is 30.9 Å². The molecule has 8 heteroatoms. The largest absolute Gasteiger partial charge is 0.481 e. The molecule has 0 spiro atoms. The minimum atomic E-state index is -3.69. The molecular formula is C11H16ClNO4S2. The standard InChI is InChI=1S/C11H16ClNO4S2/c1-3-4-8(11(14)15)6-13-19(16,17)9-5-7(2)10(12)18-9/h5,8,13H,3-4,6H2,1-2H3,(H,14,15). The van der Waals surface area contributed by atoms with Crippen molar-refractivity contribution in [2.75, 3.05) is 6.54 Å². The average Bonchev–Trinajstić information content (AvgIpc) is 2.65. The number of aryl methyl sites for hydroxylation is 1. The number of halogens is 1. The third kappa shape index (κ3) is 4.45. The number of nitrogens with one attached hydrogen (secondary N) is 1. The molecular weight excluding hydrogens is 310 g/mol. The number of carbonyl (C=O) groups is 1. The van der Waals surface area contributed by atoms with Gasteiger partial charge in [0.1, 0.15) is 4.21 Å². The topological polar surface area (TPSA) is 83.5 Å². The molecule has 5 nitrogen and oxygen atoms in total. The van der Waals surface area contributed by atoms with Crippen molar-refractivity contribution in [2.24, 2.45) is 5.92 Å². The zero-order valence-electron chi connectivity index (χ0n) is 10.6. The Morgan fingerprint density at radius 2 is 2.21 bits per heavy atom. The Balaban J connectivity index is 2.77. The molecule has 0 aliphatic carbocycles. The van der Waals surface area contributed by atoms with E-state index in [2.05, 4.69) is 4.72 Å². The molecule has 0 aliphatic heterocycles. The number of aliphatic carboxylic acids is 1. The van der Waals surface area contributed by atoms with E-state index in [0.29, 0.717) is 22.7 Å². The van der Waals surface area contributed by atoms with Crippen LogP contribution in [0.3, 0.4) is 0 Å². The third-order valence-electron chi connectivity index (χ3n) is 2.61. The molecule has 0 radical (unpaired) electrons. The van der Waals surface area contributed by atoms with Crippen molar-refractivity contribution in [3.8, 4) is 0 Å². The van der Waals surface area contributed by atoms with E-state index in [0.717, 1.165) is 11.3 Å². The highest BCUT2D eigenvalue weighted by molar-refractivity contribution is 7.91. The normalized spacial score (nSPS) is 13.4. The number of hydrogen-bond acceptors (Lipinski definition) is 4. The van der Waals surface area contributed by atoms with Crippen molar-refractivity contribution in [1.29, 1.82) is 0 Å². The van der Waals surface area contributed by atoms with E-state index in [-0.39, 0.29) is 10.8 Å². The lowest BCUT2D eigenvalue weighted by Gasteiger charge is -2.11. The maximum absolute atomic E-state index is 12.0. The van der Waals surface area contributed by atoms with E-state index < -0.39 is 21.9 Å². The molecule has 0 aliphatic rings. The highest BCUT2D eigenvalue weighted by Gasteiger charge is 2.22. The van der Waals surface area contributed by atoms with E-state index in [9.17, 15) is 13.2 Å². The Morgan fingerprint density at radius 3 is 2.63 bits per heavy atom. The van der Waals surface area contributed by atoms with Crippen molar-refractivity contribution in [3.63, 3.8) is 0 Å². The molecule has 1 unspecified atom stereocenters. The second-order valence-corrected chi connectivity index (χ2v) is 7.85. The maximum Gasteiger partial charge on any atom is 0.307 e. The van der Waals surface area contributed by atoms with Crippen LogP contribution in [0.15, 0.2) is 10.3 Å². The summed E-state index contributed by atoms with van der Waals surface area (Å²) in [6.07, 6.45) is 1.12. The first-order chi connectivity index (χ1) is 8.77. The molecule has 0 bridgehead atoms. The van der Waals surface area contributed by atoms with Crippen molar-refractivity contribution < 1.29 is 18.3 Å². The highest BCUT2D eigenvalue weighted by atomic mass is 35.5. The van der Waals surface area contributed by atoms with E-state index in [4.69, 9.17) is 16.7 Å². The van der Waals surface area contributed by atoms with E-state index in [1.165, 1.54) is 6.07 Å². The fourth-order valence-corrected chi connectivity index (χ4v) is 4.34. The Labute approximate surface area is 121 Å². The lowest BCUT2D eigenvalue weighted by Crippen LogP contribution is -2.32. The van der Waals surface area contributed by atoms with Gasteiger partial charge in [-0.05, 0) is 25.0 Å². The number of thiophene rings is 1. The number of sulfonamides is 1. The van der Waals surface area contributed by atoms with Crippen molar-refractivity contribution in [3.05, 3.63) is 16.0 Å². The van der Waals surface area contributed by atoms with Gasteiger partial charge in [-0.1, -0.05) is 24.9 Å². The highest BCUT2D eigenvalue weighted by Crippen LogP contribution is 2.29. The molecule has 108 valence electrons. The second kappa shape index (κ2) is 6.69. The van der Waals surface area contributed by atoms with Gasteiger partial charge in [-0.25, -0.2) is 13.1 Å². The van der Waals surface area contributed by atoms with Gasteiger partial charge < -0.3 is 5.11 Å². The van der Waals surface area contributed by atoms with Crippen LogP contribution in [0.4, 0.5) is 0 Å². The molecule has 0 amide bonds. The monoisotopic (exact) mass is 325 g/mol. The first-order valence-corrected chi connectivity index (χ1v) is 8.44. The second-order valence-electron chi connectivity index (χ2n) is 4.20. The summed E-state index contributed by atoms with van der Waals surface area (Å²) in [4.78, 5) is 10.9. The minimum absolute atomic E-state index is 0.107. The number of rotatable bonds is 7. The molecule has 2 N–H and O–H groups in total. The average molecular weight is 326 g/mol. The quantitative estimate of drug-likeness (QED) is 0.806. The van der Waals surface area contributed by atoms with Gasteiger partial charge in [0, 0.05) is 6.54 Å². The van der Waals surface area contributed by atoms with Crippen LogP contribution in [0.5, 0.6) is 0 Å². The summed E-state index contributed by atoms with van der Waals surface area (Å²) in [5.41, 5.74) is 0.690. The fraction of sp³-hybridized carbons (Fsp3) is 0.545. The lowest BCUT2D eigenvalue weighted by atomic mass is 10.1. The van der Waals surface area contributed by atoms with Gasteiger partial charge in [-0.3, -0.25) is 4.79 Å². The van der Waals surface area contributed by atoms with Gasteiger partial charge >= 0.3 is 5.97 Å². The molecule has 1 rings (SSSR count).